The van der Waals surface area contributed by atoms with Crippen molar-refractivity contribution in [1.29, 1.82) is 0 Å². The van der Waals surface area contributed by atoms with Crippen LogP contribution in [0.2, 0.25) is 0 Å². The fourth-order valence-corrected chi connectivity index (χ4v) is 5.74. The third-order valence-electron chi connectivity index (χ3n) is 7.68. The van der Waals surface area contributed by atoms with E-state index in [2.05, 4.69) is 78.0 Å². The van der Waals surface area contributed by atoms with Crippen LogP contribution in [0.4, 0.5) is 4.39 Å². The highest BCUT2D eigenvalue weighted by Crippen LogP contribution is 2.58. The molecule has 29 heavy (non-hydrogen) atoms. The van der Waals surface area contributed by atoms with Gasteiger partial charge in [0.15, 0.2) is 0 Å². The van der Waals surface area contributed by atoms with E-state index in [4.69, 9.17) is 4.98 Å². The second kappa shape index (κ2) is 6.93. The van der Waals surface area contributed by atoms with Crippen LogP contribution in [-0.4, -0.2) is 4.98 Å². The molecular weight excluding hydrogens is 357 g/mol. The summed E-state index contributed by atoms with van der Waals surface area (Å²) >= 11 is 0. The average Bonchev–Trinajstić information content (AvgIpc) is 2.71. The van der Waals surface area contributed by atoms with Crippen LogP contribution < -0.4 is 0 Å². The van der Waals surface area contributed by atoms with Gasteiger partial charge in [0.25, 0.3) is 0 Å². The lowest BCUT2D eigenvalue weighted by Gasteiger charge is -2.47. The lowest BCUT2D eigenvalue weighted by Crippen LogP contribution is -2.38. The number of benzene rings is 1. The number of aromatic nitrogens is 1. The number of hydrogen-bond donors (Lipinski definition) is 0. The van der Waals surface area contributed by atoms with E-state index in [-0.39, 0.29) is 17.2 Å². The van der Waals surface area contributed by atoms with E-state index < -0.39 is 5.41 Å². The molecule has 0 fully saturated rings. The Balaban J connectivity index is 2.08. The molecule has 0 amide bonds. The molecule has 2 aromatic rings. The summed E-state index contributed by atoms with van der Waals surface area (Å²) in [7, 11) is 0. The number of rotatable bonds is 4. The fourth-order valence-electron chi connectivity index (χ4n) is 5.74. The van der Waals surface area contributed by atoms with Gasteiger partial charge in [0.05, 0.1) is 5.69 Å². The van der Waals surface area contributed by atoms with Gasteiger partial charge in [-0.2, -0.15) is 0 Å². The summed E-state index contributed by atoms with van der Waals surface area (Å²) in [6, 6.07) is 8.46. The van der Waals surface area contributed by atoms with Crippen molar-refractivity contribution in [3.05, 3.63) is 71.3 Å². The molecule has 0 saturated carbocycles. The maximum Gasteiger partial charge on any atom is 0.123 e. The molecule has 0 radical (unpaired) electrons. The van der Waals surface area contributed by atoms with Crippen molar-refractivity contribution in [2.45, 2.75) is 59.8 Å². The molecule has 1 aromatic carbocycles. The SMILES string of the molecule is CC=CC(C)(C(C)CC)C1CC=C(F)C2=C1c1nccc3cccc(c13)C2(C)C. The number of pyridine rings is 1. The minimum Gasteiger partial charge on any atom is -0.256 e. The summed E-state index contributed by atoms with van der Waals surface area (Å²) in [6.45, 7) is 13.3. The van der Waals surface area contributed by atoms with Crippen LogP contribution >= 0.6 is 0 Å². The van der Waals surface area contributed by atoms with Gasteiger partial charge in [-0.15, -0.1) is 0 Å². The fraction of sp³-hybridized carbons (Fsp3) is 0.444. The molecule has 152 valence electrons. The lowest BCUT2D eigenvalue weighted by molar-refractivity contribution is 0.197. The van der Waals surface area contributed by atoms with Crippen LogP contribution in [0.25, 0.3) is 16.3 Å². The summed E-state index contributed by atoms with van der Waals surface area (Å²) in [4.78, 5) is 4.85. The molecule has 2 aliphatic rings. The van der Waals surface area contributed by atoms with Crippen LogP contribution in [0.5, 0.6) is 0 Å². The van der Waals surface area contributed by atoms with E-state index >= 15 is 4.39 Å². The van der Waals surface area contributed by atoms with Crippen LogP contribution in [-0.2, 0) is 5.41 Å². The van der Waals surface area contributed by atoms with E-state index in [1.165, 1.54) is 16.3 Å². The molecule has 3 unspecified atom stereocenters. The standard InChI is InChI=1S/C27H32FN/c1-7-15-27(6,17(3)8-2)20-12-13-21(28)24-23(20)25-22-18(14-16-29-25)10-9-11-19(22)26(24,4)5/h7,9-11,13-17,20H,8,12H2,1-6H3. The summed E-state index contributed by atoms with van der Waals surface area (Å²) in [6.07, 6.45) is 10.0. The Morgan fingerprint density at radius 2 is 2.07 bits per heavy atom. The first-order chi connectivity index (χ1) is 13.8. The normalized spacial score (nSPS) is 23.7. The van der Waals surface area contributed by atoms with Crippen LogP contribution in [0.1, 0.15) is 65.6 Å². The van der Waals surface area contributed by atoms with Gasteiger partial charge in [-0.1, -0.05) is 71.4 Å². The van der Waals surface area contributed by atoms with E-state index in [1.807, 2.05) is 12.3 Å². The zero-order chi connectivity index (χ0) is 21.0. The van der Waals surface area contributed by atoms with Crippen molar-refractivity contribution in [3.8, 4) is 0 Å². The van der Waals surface area contributed by atoms with Gasteiger partial charge in [-0.25, -0.2) is 4.39 Å². The molecule has 2 aliphatic carbocycles. The average molecular weight is 390 g/mol. The smallest absolute Gasteiger partial charge is 0.123 e. The van der Waals surface area contributed by atoms with E-state index in [0.29, 0.717) is 12.3 Å². The molecule has 0 N–H and O–H groups in total. The van der Waals surface area contributed by atoms with Crippen molar-refractivity contribution in [2.24, 2.45) is 17.3 Å². The molecule has 1 aromatic heterocycles. The number of halogens is 1. The summed E-state index contributed by atoms with van der Waals surface area (Å²) < 4.78 is 15.5. The summed E-state index contributed by atoms with van der Waals surface area (Å²) in [5.41, 5.74) is 3.67. The van der Waals surface area contributed by atoms with Crippen LogP contribution in [0, 0.1) is 17.3 Å². The lowest BCUT2D eigenvalue weighted by atomic mass is 9.57. The second-order valence-corrected chi connectivity index (χ2v) is 9.49. The number of allylic oxidation sites excluding steroid dienone is 6. The zero-order valence-corrected chi connectivity index (χ0v) is 18.5. The number of hydrogen-bond acceptors (Lipinski definition) is 1. The van der Waals surface area contributed by atoms with Crippen molar-refractivity contribution in [1.82, 2.24) is 4.98 Å². The van der Waals surface area contributed by atoms with E-state index in [0.717, 1.165) is 23.3 Å². The number of fused-ring (bicyclic) bond motifs is 1. The van der Waals surface area contributed by atoms with Crippen molar-refractivity contribution in [2.75, 3.05) is 0 Å². The molecule has 1 heterocycles. The highest BCUT2D eigenvalue weighted by atomic mass is 19.1. The Morgan fingerprint density at radius 3 is 2.76 bits per heavy atom. The third-order valence-corrected chi connectivity index (χ3v) is 7.68. The minimum absolute atomic E-state index is 0.0620. The number of nitrogens with zero attached hydrogens (tertiary/aromatic N) is 1. The van der Waals surface area contributed by atoms with Crippen LogP contribution in [0.3, 0.4) is 0 Å². The maximum atomic E-state index is 15.5. The van der Waals surface area contributed by atoms with Gasteiger partial charge in [0.2, 0.25) is 0 Å². The molecule has 4 rings (SSSR count). The highest BCUT2D eigenvalue weighted by Gasteiger charge is 2.47. The molecule has 1 nitrogen and oxygen atoms in total. The predicted octanol–water partition coefficient (Wildman–Crippen LogP) is 7.78. The summed E-state index contributed by atoms with van der Waals surface area (Å²) in [5, 5.41) is 2.39. The molecule has 2 heteroatoms. The molecule has 0 aliphatic heterocycles. The molecule has 0 bridgehead atoms. The van der Waals surface area contributed by atoms with Crippen molar-refractivity contribution in [3.63, 3.8) is 0 Å². The van der Waals surface area contributed by atoms with E-state index in [1.54, 1.807) is 0 Å². The van der Waals surface area contributed by atoms with Gasteiger partial charge in [-0.05, 0) is 59.3 Å². The molecule has 0 saturated heterocycles. The van der Waals surface area contributed by atoms with Gasteiger partial charge in [-0.3, -0.25) is 4.98 Å². The topological polar surface area (TPSA) is 12.9 Å². The Labute approximate surface area is 174 Å². The zero-order valence-electron chi connectivity index (χ0n) is 18.5. The Kier molecular flexibility index (Phi) is 4.80. The van der Waals surface area contributed by atoms with Gasteiger partial charge in [0, 0.05) is 22.6 Å². The molecular formula is C27H32FN. The first kappa shape index (κ1) is 20.1. The second-order valence-electron chi connectivity index (χ2n) is 9.49. The largest absolute Gasteiger partial charge is 0.256 e. The van der Waals surface area contributed by atoms with E-state index in [9.17, 15) is 0 Å². The van der Waals surface area contributed by atoms with Gasteiger partial charge in [0.1, 0.15) is 5.83 Å². The first-order valence-electron chi connectivity index (χ1n) is 10.9. The van der Waals surface area contributed by atoms with Crippen LogP contribution in [0.15, 0.2) is 60.1 Å². The third kappa shape index (κ3) is 2.75. The maximum absolute atomic E-state index is 15.5. The van der Waals surface area contributed by atoms with Crippen molar-refractivity contribution >= 4 is 16.3 Å². The predicted molar refractivity (Wildman–Crippen MR) is 121 cm³/mol. The molecule has 3 atom stereocenters. The van der Waals surface area contributed by atoms with Gasteiger partial charge >= 0.3 is 0 Å². The Morgan fingerprint density at radius 1 is 1.31 bits per heavy atom. The summed E-state index contributed by atoms with van der Waals surface area (Å²) in [5.74, 6) is 0.613. The minimum atomic E-state index is -0.392. The Hall–Kier alpha value is -2.22. The van der Waals surface area contributed by atoms with Gasteiger partial charge < -0.3 is 0 Å². The van der Waals surface area contributed by atoms with Crippen molar-refractivity contribution < 1.29 is 4.39 Å². The Bertz CT molecular complexity index is 1050. The monoisotopic (exact) mass is 389 g/mol. The first-order valence-corrected chi connectivity index (χ1v) is 10.9. The highest BCUT2D eigenvalue weighted by molar-refractivity contribution is 6.00. The molecule has 0 spiro atoms. The quantitative estimate of drug-likeness (QED) is 0.486.